The molecule has 0 unspecified atom stereocenters. The molecular formula is C16H34ClN. The third-order valence-corrected chi connectivity index (χ3v) is 4.45. The van der Waals surface area contributed by atoms with Gasteiger partial charge in [0.05, 0.1) is 26.7 Å². The van der Waals surface area contributed by atoms with Crippen LogP contribution in [0.4, 0.5) is 0 Å². The van der Waals surface area contributed by atoms with Crippen molar-refractivity contribution in [3.63, 3.8) is 0 Å². The Hall–Kier alpha value is 0.250. The van der Waals surface area contributed by atoms with Crippen molar-refractivity contribution >= 4 is 0 Å². The van der Waals surface area contributed by atoms with Gasteiger partial charge in [-0.3, -0.25) is 0 Å². The van der Waals surface area contributed by atoms with E-state index in [9.17, 15) is 0 Å². The molecule has 0 aliphatic carbocycles. The third kappa shape index (κ3) is 8.37. The van der Waals surface area contributed by atoms with Crippen LogP contribution >= 0.6 is 0 Å². The summed E-state index contributed by atoms with van der Waals surface area (Å²) in [6.07, 6.45) is 16.1. The van der Waals surface area contributed by atoms with Crippen molar-refractivity contribution in [2.45, 2.75) is 77.6 Å². The lowest BCUT2D eigenvalue weighted by Gasteiger charge is -2.29. The quantitative estimate of drug-likeness (QED) is 0.421. The fourth-order valence-corrected chi connectivity index (χ4v) is 3.13. The minimum Gasteiger partial charge on any atom is -1.00 e. The lowest BCUT2D eigenvalue weighted by atomic mass is 10.1. The maximum atomic E-state index is 2.46. The van der Waals surface area contributed by atoms with Crippen LogP contribution < -0.4 is 12.4 Å². The summed E-state index contributed by atoms with van der Waals surface area (Å²) in [4.78, 5) is 0. The van der Waals surface area contributed by atoms with E-state index in [4.69, 9.17) is 0 Å². The number of unbranched alkanes of at least 4 members (excludes halogenated alkanes) is 8. The lowest BCUT2D eigenvalue weighted by Crippen LogP contribution is -3.00. The Kier molecular flexibility index (Phi) is 11.3. The average molecular weight is 276 g/mol. The number of hydrogen-bond acceptors (Lipinski definition) is 0. The summed E-state index contributed by atoms with van der Waals surface area (Å²) in [6.45, 7) is 6.62. The Morgan fingerprint density at radius 1 is 0.722 bits per heavy atom. The maximum Gasteiger partial charge on any atom is 0.0786 e. The van der Waals surface area contributed by atoms with Gasteiger partial charge in [0.15, 0.2) is 0 Å². The van der Waals surface area contributed by atoms with Crippen molar-refractivity contribution in [1.82, 2.24) is 0 Å². The topological polar surface area (TPSA) is 0 Å². The number of rotatable bonds is 10. The van der Waals surface area contributed by atoms with Crippen molar-refractivity contribution in [2.24, 2.45) is 0 Å². The number of likely N-dealkylation sites (tertiary alicyclic amines) is 1. The highest BCUT2D eigenvalue weighted by molar-refractivity contribution is 4.53. The molecular weight excluding hydrogens is 242 g/mol. The van der Waals surface area contributed by atoms with Crippen LogP contribution in [0.2, 0.25) is 0 Å². The van der Waals surface area contributed by atoms with Gasteiger partial charge < -0.3 is 16.9 Å². The van der Waals surface area contributed by atoms with E-state index in [2.05, 4.69) is 14.0 Å². The zero-order valence-electron chi connectivity index (χ0n) is 12.7. The average Bonchev–Trinajstić information content (AvgIpc) is 2.74. The van der Waals surface area contributed by atoms with Gasteiger partial charge in [-0.05, 0) is 12.8 Å². The maximum absolute atomic E-state index is 2.46. The second kappa shape index (κ2) is 11.1. The Labute approximate surface area is 121 Å². The van der Waals surface area contributed by atoms with Gasteiger partial charge in [-0.15, -0.1) is 0 Å². The second-order valence-electron chi connectivity index (χ2n) is 6.33. The molecule has 0 N–H and O–H groups in total. The van der Waals surface area contributed by atoms with Crippen LogP contribution in [0.3, 0.4) is 0 Å². The van der Waals surface area contributed by atoms with Crippen LogP contribution in [0.1, 0.15) is 77.6 Å². The van der Waals surface area contributed by atoms with Gasteiger partial charge in [0.25, 0.3) is 0 Å². The largest absolute Gasteiger partial charge is 1.00 e. The molecule has 1 rings (SSSR count). The summed E-state index contributed by atoms with van der Waals surface area (Å²) >= 11 is 0. The molecule has 0 radical (unpaired) electrons. The molecule has 0 amide bonds. The van der Waals surface area contributed by atoms with Crippen LogP contribution in [0.15, 0.2) is 0 Å². The van der Waals surface area contributed by atoms with Gasteiger partial charge in [-0.2, -0.15) is 0 Å². The van der Waals surface area contributed by atoms with E-state index in [0.29, 0.717) is 0 Å². The van der Waals surface area contributed by atoms with Crippen molar-refractivity contribution in [3.05, 3.63) is 0 Å². The molecule has 1 aliphatic rings. The third-order valence-electron chi connectivity index (χ3n) is 4.45. The summed E-state index contributed by atoms with van der Waals surface area (Å²) in [5.74, 6) is 0. The molecule has 0 aromatic rings. The zero-order valence-corrected chi connectivity index (χ0v) is 13.5. The highest BCUT2D eigenvalue weighted by atomic mass is 35.5. The molecule has 0 bridgehead atoms. The summed E-state index contributed by atoms with van der Waals surface area (Å²) in [6, 6.07) is 0. The lowest BCUT2D eigenvalue weighted by molar-refractivity contribution is -0.897. The Balaban J connectivity index is 0.00000289. The first-order chi connectivity index (χ1) is 8.27. The number of hydrogen-bond donors (Lipinski definition) is 0. The van der Waals surface area contributed by atoms with Gasteiger partial charge in [0, 0.05) is 12.8 Å². The van der Waals surface area contributed by atoms with Crippen LogP contribution in [0.5, 0.6) is 0 Å². The first-order valence-corrected chi connectivity index (χ1v) is 8.10. The molecule has 1 heterocycles. The predicted octanol–water partition coefficient (Wildman–Crippen LogP) is 1.76. The number of halogens is 1. The zero-order chi connectivity index (χ0) is 12.4. The fourth-order valence-electron chi connectivity index (χ4n) is 3.13. The van der Waals surface area contributed by atoms with E-state index in [1.54, 1.807) is 0 Å². The molecule has 0 atom stereocenters. The molecule has 1 saturated heterocycles. The molecule has 1 nitrogen and oxygen atoms in total. The van der Waals surface area contributed by atoms with E-state index in [0.717, 1.165) is 0 Å². The number of nitrogens with zero attached hydrogens (tertiary/aromatic N) is 1. The van der Waals surface area contributed by atoms with E-state index in [-0.39, 0.29) is 12.4 Å². The van der Waals surface area contributed by atoms with Crippen molar-refractivity contribution in [2.75, 3.05) is 26.7 Å². The second-order valence-corrected chi connectivity index (χ2v) is 6.33. The van der Waals surface area contributed by atoms with Gasteiger partial charge in [0.2, 0.25) is 0 Å². The minimum absolute atomic E-state index is 0. The van der Waals surface area contributed by atoms with Crippen LogP contribution in [-0.2, 0) is 0 Å². The first kappa shape index (κ1) is 18.2. The summed E-state index contributed by atoms with van der Waals surface area (Å²) < 4.78 is 1.37. The SMILES string of the molecule is CCCCCCCCCCC[N+]1(C)CCCC1.[Cl-]. The molecule has 0 aromatic carbocycles. The van der Waals surface area contributed by atoms with Crippen LogP contribution in [0.25, 0.3) is 0 Å². The van der Waals surface area contributed by atoms with Gasteiger partial charge in [-0.25, -0.2) is 0 Å². The van der Waals surface area contributed by atoms with E-state index >= 15 is 0 Å². The van der Waals surface area contributed by atoms with Crippen molar-refractivity contribution in [1.29, 1.82) is 0 Å². The molecule has 18 heavy (non-hydrogen) atoms. The normalized spacial score (nSPS) is 17.7. The molecule has 1 aliphatic heterocycles. The van der Waals surface area contributed by atoms with E-state index in [1.807, 2.05) is 0 Å². The molecule has 1 fully saturated rings. The highest BCUT2D eigenvalue weighted by Gasteiger charge is 2.25. The monoisotopic (exact) mass is 275 g/mol. The van der Waals surface area contributed by atoms with Gasteiger partial charge in [-0.1, -0.05) is 51.9 Å². The molecule has 2 heteroatoms. The summed E-state index contributed by atoms with van der Waals surface area (Å²) in [5.41, 5.74) is 0. The smallest absolute Gasteiger partial charge is 0.0786 e. The fraction of sp³-hybridized carbons (Fsp3) is 1.00. The number of quaternary nitrogens is 1. The van der Waals surface area contributed by atoms with Gasteiger partial charge in [0.1, 0.15) is 0 Å². The predicted molar refractivity (Wildman–Crippen MR) is 77.2 cm³/mol. The van der Waals surface area contributed by atoms with Crippen molar-refractivity contribution in [3.8, 4) is 0 Å². The van der Waals surface area contributed by atoms with E-state index in [1.165, 1.54) is 94.7 Å². The standard InChI is InChI=1S/C16H34N.ClH/c1-3-4-5-6-7-8-9-10-11-14-17(2)15-12-13-16-17;/h3-16H2,1-2H3;1H/q+1;/p-1. The Bertz CT molecular complexity index is 176. The molecule has 0 spiro atoms. The molecule has 0 aromatic heterocycles. The van der Waals surface area contributed by atoms with E-state index < -0.39 is 0 Å². The molecule has 110 valence electrons. The highest BCUT2D eigenvalue weighted by Crippen LogP contribution is 2.18. The minimum atomic E-state index is 0. The van der Waals surface area contributed by atoms with Crippen LogP contribution in [-0.4, -0.2) is 31.2 Å². The Morgan fingerprint density at radius 2 is 1.17 bits per heavy atom. The summed E-state index contributed by atoms with van der Waals surface area (Å²) in [7, 11) is 2.46. The summed E-state index contributed by atoms with van der Waals surface area (Å²) in [5, 5.41) is 0. The van der Waals surface area contributed by atoms with Crippen LogP contribution in [0, 0.1) is 0 Å². The Morgan fingerprint density at radius 3 is 1.67 bits per heavy atom. The van der Waals surface area contributed by atoms with Gasteiger partial charge >= 0.3 is 0 Å². The molecule has 0 saturated carbocycles. The first-order valence-electron chi connectivity index (χ1n) is 8.10. The van der Waals surface area contributed by atoms with Crippen molar-refractivity contribution < 1.29 is 16.9 Å².